The molecule has 0 radical (unpaired) electrons. The lowest BCUT2D eigenvalue weighted by atomic mass is 10.2. The van der Waals surface area contributed by atoms with Crippen LogP contribution in [0.15, 0.2) is 23.5 Å². The van der Waals surface area contributed by atoms with Crippen molar-refractivity contribution < 1.29 is 19.1 Å². The average Bonchev–Trinajstić information content (AvgIpc) is 2.26. The third-order valence-corrected chi connectivity index (χ3v) is 1.56. The Balaban J connectivity index is 2.67. The molecule has 0 fully saturated rings. The van der Waals surface area contributed by atoms with Crippen molar-refractivity contribution in [3.8, 4) is 0 Å². The number of carbonyl (C=O) groups is 2. The second-order valence-electron chi connectivity index (χ2n) is 4.30. The lowest BCUT2D eigenvalue weighted by molar-refractivity contribution is -0.148. The van der Waals surface area contributed by atoms with Crippen LogP contribution in [-0.2, 0) is 19.1 Å². The van der Waals surface area contributed by atoms with Gasteiger partial charge in [-0.25, -0.2) is 9.59 Å². The van der Waals surface area contributed by atoms with Crippen LogP contribution in [0.4, 0.5) is 0 Å². The molecule has 82 valence electrons. The molecule has 0 aromatic carbocycles. The monoisotopic (exact) mass is 210 g/mol. The van der Waals surface area contributed by atoms with Gasteiger partial charge in [-0.15, -0.1) is 0 Å². The lowest BCUT2D eigenvalue weighted by Crippen LogP contribution is -2.22. The first-order valence-electron chi connectivity index (χ1n) is 4.63. The van der Waals surface area contributed by atoms with Gasteiger partial charge in [0.05, 0.1) is 6.08 Å². The van der Waals surface area contributed by atoms with Gasteiger partial charge in [-0.1, -0.05) is 0 Å². The highest BCUT2D eigenvalue weighted by molar-refractivity contribution is 5.94. The van der Waals surface area contributed by atoms with Crippen molar-refractivity contribution in [2.75, 3.05) is 0 Å². The fourth-order valence-corrected chi connectivity index (χ4v) is 1.01. The summed E-state index contributed by atoms with van der Waals surface area (Å²) < 4.78 is 9.82. The van der Waals surface area contributed by atoms with Gasteiger partial charge in [-0.05, 0) is 33.8 Å². The predicted octanol–water partition coefficient (Wildman–Crippen LogP) is 1.72. The molecule has 4 heteroatoms. The zero-order valence-corrected chi connectivity index (χ0v) is 9.29. The quantitative estimate of drug-likeness (QED) is 0.488. The van der Waals surface area contributed by atoms with Crippen molar-refractivity contribution in [2.24, 2.45) is 0 Å². The van der Waals surface area contributed by atoms with Crippen molar-refractivity contribution in [1.29, 1.82) is 0 Å². The fraction of sp³-hybridized carbons (Fsp3) is 0.455. The third-order valence-electron chi connectivity index (χ3n) is 1.56. The maximum Gasteiger partial charge on any atom is 0.339 e. The number of hydrogen-bond acceptors (Lipinski definition) is 4. The Morgan fingerprint density at radius 3 is 2.47 bits per heavy atom. The number of cyclic esters (lactones) is 1. The Morgan fingerprint density at radius 2 is 2.07 bits per heavy atom. The molecule has 0 unspecified atom stereocenters. The van der Waals surface area contributed by atoms with Crippen LogP contribution in [0.2, 0.25) is 0 Å². The maximum absolute atomic E-state index is 11.3. The Hall–Kier alpha value is -1.58. The molecule has 0 amide bonds. The number of ether oxygens (including phenoxy) is 2. The fourth-order valence-electron chi connectivity index (χ4n) is 1.01. The van der Waals surface area contributed by atoms with Crippen LogP contribution < -0.4 is 0 Å². The SMILES string of the molecule is CC1=C/C(=C\C(=O)OC(C)(C)C)OC1=O. The topological polar surface area (TPSA) is 52.6 Å². The highest BCUT2D eigenvalue weighted by Gasteiger charge is 2.20. The summed E-state index contributed by atoms with van der Waals surface area (Å²) in [7, 11) is 0. The number of esters is 2. The number of hydrogen-bond donors (Lipinski definition) is 0. The molecule has 1 heterocycles. The average molecular weight is 210 g/mol. The molecule has 0 bridgehead atoms. The van der Waals surface area contributed by atoms with Crippen molar-refractivity contribution in [3.63, 3.8) is 0 Å². The summed E-state index contributed by atoms with van der Waals surface area (Å²) in [4.78, 5) is 22.3. The molecule has 1 aliphatic rings. The molecule has 0 spiro atoms. The number of carbonyl (C=O) groups excluding carboxylic acids is 2. The van der Waals surface area contributed by atoms with E-state index in [1.807, 2.05) is 0 Å². The largest absolute Gasteiger partial charge is 0.457 e. The number of rotatable bonds is 1. The van der Waals surface area contributed by atoms with E-state index in [1.54, 1.807) is 27.7 Å². The lowest BCUT2D eigenvalue weighted by Gasteiger charge is -2.17. The molecule has 4 nitrogen and oxygen atoms in total. The zero-order valence-electron chi connectivity index (χ0n) is 9.29. The van der Waals surface area contributed by atoms with Crippen LogP contribution >= 0.6 is 0 Å². The van der Waals surface area contributed by atoms with Crippen LogP contribution in [0.5, 0.6) is 0 Å². The van der Waals surface area contributed by atoms with E-state index in [0.29, 0.717) is 5.57 Å². The van der Waals surface area contributed by atoms with Crippen LogP contribution in [0, 0.1) is 0 Å². The smallest absolute Gasteiger partial charge is 0.339 e. The Morgan fingerprint density at radius 1 is 1.47 bits per heavy atom. The predicted molar refractivity (Wildman–Crippen MR) is 53.8 cm³/mol. The van der Waals surface area contributed by atoms with Crippen molar-refractivity contribution in [1.82, 2.24) is 0 Å². The summed E-state index contributed by atoms with van der Waals surface area (Å²) in [5, 5.41) is 0. The van der Waals surface area contributed by atoms with Crippen molar-refractivity contribution in [2.45, 2.75) is 33.3 Å². The molecule has 15 heavy (non-hydrogen) atoms. The van der Waals surface area contributed by atoms with E-state index in [4.69, 9.17) is 9.47 Å². The highest BCUT2D eigenvalue weighted by Crippen LogP contribution is 2.17. The summed E-state index contributed by atoms with van der Waals surface area (Å²) >= 11 is 0. The molecule has 0 saturated carbocycles. The van der Waals surface area contributed by atoms with E-state index < -0.39 is 17.5 Å². The van der Waals surface area contributed by atoms with E-state index >= 15 is 0 Å². The Bertz CT molecular complexity index is 355. The summed E-state index contributed by atoms with van der Waals surface area (Å²) in [6.07, 6.45) is 2.67. The van der Waals surface area contributed by atoms with E-state index in [9.17, 15) is 9.59 Å². The minimum atomic E-state index is -0.546. The summed E-state index contributed by atoms with van der Waals surface area (Å²) in [5.74, 6) is -0.715. The Kier molecular flexibility index (Phi) is 2.98. The normalized spacial score (nSPS) is 18.8. The van der Waals surface area contributed by atoms with Crippen molar-refractivity contribution >= 4 is 11.9 Å². The van der Waals surface area contributed by atoms with E-state index in [-0.39, 0.29) is 5.76 Å². The van der Waals surface area contributed by atoms with Gasteiger partial charge in [0.1, 0.15) is 11.4 Å². The zero-order chi connectivity index (χ0) is 11.6. The van der Waals surface area contributed by atoms with Gasteiger partial charge in [0.25, 0.3) is 0 Å². The van der Waals surface area contributed by atoms with Gasteiger partial charge >= 0.3 is 11.9 Å². The second-order valence-corrected chi connectivity index (χ2v) is 4.30. The molecule has 0 aliphatic carbocycles. The minimum absolute atomic E-state index is 0.228. The standard InChI is InChI=1S/C11H14O4/c1-7-5-8(14-10(7)13)6-9(12)15-11(2,3)4/h5-6H,1-4H3/b8-6+. The molecular formula is C11H14O4. The van der Waals surface area contributed by atoms with Gasteiger partial charge in [-0.3, -0.25) is 0 Å². The second kappa shape index (κ2) is 3.88. The van der Waals surface area contributed by atoms with Gasteiger partial charge in [0.2, 0.25) is 0 Å². The molecule has 1 aliphatic heterocycles. The van der Waals surface area contributed by atoms with Crippen LogP contribution in [0.3, 0.4) is 0 Å². The maximum atomic E-state index is 11.3. The van der Waals surface area contributed by atoms with Gasteiger partial charge < -0.3 is 9.47 Å². The molecule has 0 aromatic heterocycles. The highest BCUT2D eigenvalue weighted by atomic mass is 16.6. The van der Waals surface area contributed by atoms with Gasteiger partial charge in [0.15, 0.2) is 0 Å². The summed E-state index contributed by atoms with van der Waals surface area (Å²) in [5.41, 5.74) is -0.0694. The molecule has 1 rings (SSSR count). The van der Waals surface area contributed by atoms with Gasteiger partial charge in [0, 0.05) is 5.57 Å². The molecule has 0 atom stereocenters. The van der Waals surface area contributed by atoms with Crippen molar-refractivity contribution in [3.05, 3.63) is 23.5 Å². The van der Waals surface area contributed by atoms with Crippen LogP contribution in [-0.4, -0.2) is 17.5 Å². The molecule has 0 saturated heterocycles. The van der Waals surface area contributed by atoms with E-state index in [2.05, 4.69) is 0 Å². The molecular weight excluding hydrogens is 196 g/mol. The summed E-state index contributed by atoms with van der Waals surface area (Å²) in [6, 6.07) is 0. The van der Waals surface area contributed by atoms with Gasteiger partial charge in [-0.2, -0.15) is 0 Å². The first-order valence-corrected chi connectivity index (χ1v) is 4.63. The minimum Gasteiger partial charge on any atom is -0.457 e. The molecule has 0 aromatic rings. The number of allylic oxidation sites excluding steroid dienone is 1. The third kappa shape index (κ3) is 3.58. The Labute approximate surface area is 88.6 Å². The summed E-state index contributed by atoms with van der Waals surface area (Å²) in [6.45, 7) is 6.93. The van der Waals surface area contributed by atoms with E-state index in [0.717, 1.165) is 0 Å². The van der Waals surface area contributed by atoms with Crippen LogP contribution in [0.25, 0.3) is 0 Å². The van der Waals surface area contributed by atoms with E-state index in [1.165, 1.54) is 12.2 Å². The molecule has 0 N–H and O–H groups in total. The van der Waals surface area contributed by atoms with Crippen LogP contribution in [0.1, 0.15) is 27.7 Å². The first-order chi connectivity index (χ1) is 6.78. The first kappa shape index (κ1) is 11.5.